The van der Waals surface area contributed by atoms with Gasteiger partial charge in [0.2, 0.25) is 17.1 Å². The summed E-state index contributed by atoms with van der Waals surface area (Å²) in [6.45, 7) is 18.7. The Balaban J connectivity index is 0.000000275. The number of nitrogens with two attached hydrogens (primary N) is 1. The molecule has 0 saturated heterocycles. The first-order valence-electron chi connectivity index (χ1n) is 46.2. The number of esters is 2. The van der Waals surface area contributed by atoms with Crippen molar-refractivity contribution in [3.05, 3.63) is 413 Å². The number of ether oxygens (including phenoxy) is 2. The first-order valence-corrected chi connectivity index (χ1v) is 47.7. The number of amides is 5. The average molecular weight is 2110 g/mol. The maximum absolute atomic E-state index is 13.4. The van der Waals surface area contributed by atoms with Crippen molar-refractivity contribution in [1.29, 1.82) is 0 Å². The van der Waals surface area contributed by atoms with Crippen molar-refractivity contribution >= 4 is 186 Å². The number of fused-ring (bicyclic) bond motifs is 5. The molecule has 12 aromatic carbocycles. The molecule has 0 aliphatic rings. The van der Waals surface area contributed by atoms with Gasteiger partial charge in [0.25, 0.3) is 40.5 Å². The van der Waals surface area contributed by atoms with Gasteiger partial charge in [-0.3, -0.25) is 69.2 Å². The molecule has 0 aliphatic carbocycles. The normalized spacial score (nSPS) is 10.4. The second-order valence-electron chi connectivity index (χ2n) is 35.2. The zero-order valence-electron chi connectivity index (χ0n) is 85.1. The van der Waals surface area contributed by atoms with Crippen LogP contribution in [-0.4, -0.2) is 115 Å². The Bertz CT molecular complexity index is 7300. The van der Waals surface area contributed by atoms with E-state index >= 15 is 0 Å². The Kier molecular flexibility index (Phi) is 47.5. The van der Waals surface area contributed by atoms with Gasteiger partial charge >= 0.3 is 60.4 Å². The Morgan fingerprint density at radius 2 is 0.691 bits per heavy atom. The van der Waals surface area contributed by atoms with Gasteiger partial charge in [-0.1, -0.05) is 203 Å². The molecule has 0 radical (unpaired) electrons. The quantitative estimate of drug-likeness (QED) is 0.00462. The number of aromatic amines is 3. The van der Waals surface area contributed by atoms with Crippen LogP contribution < -0.4 is 80.7 Å². The molecule has 0 fully saturated rings. The van der Waals surface area contributed by atoms with Crippen LogP contribution in [0.1, 0.15) is 146 Å². The fourth-order valence-corrected chi connectivity index (χ4v) is 15.5. The van der Waals surface area contributed by atoms with Gasteiger partial charge in [0, 0.05) is 175 Å². The summed E-state index contributed by atoms with van der Waals surface area (Å²) in [5.41, 5.74) is 18.9. The van der Waals surface area contributed by atoms with Crippen molar-refractivity contribution in [2.45, 2.75) is 108 Å². The number of halogens is 2. The van der Waals surface area contributed by atoms with Crippen LogP contribution in [0, 0.1) is 51.3 Å². The van der Waals surface area contributed by atoms with Gasteiger partial charge in [0.05, 0.1) is 32.9 Å². The molecule has 0 bridgehead atoms. The molecule has 17 aromatic rings. The van der Waals surface area contributed by atoms with Crippen LogP contribution in [0.25, 0.3) is 54.5 Å². The number of para-hydroxylation sites is 3. The molecule has 34 nitrogen and oxygen atoms in total. The zero-order chi connectivity index (χ0) is 106. The first-order chi connectivity index (χ1) is 69.8. The third-order valence-corrected chi connectivity index (χ3v) is 21.8. The second-order valence-corrected chi connectivity index (χ2v) is 36.5. The average Bonchev–Trinajstić information content (AvgIpc) is 1.63. The predicted molar refractivity (Wildman–Crippen MR) is 581 cm³/mol. The number of carbonyl (C=O) groups is 8. The number of aromatic nitrogens is 5. The summed E-state index contributed by atoms with van der Waals surface area (Å²) in [7, 11) is 0. The first kappa shape index (κ1) is 120. The third kappa shape index (κ3) is 38.7. The summed E-state index contributed by atoms with van der Waals surface area (Å²) in [4.78, 5) is 145. The van der Waals surface area contributed by atoms with Crippen molar-refractivity contribution in [1.82, 2.24) is 24.1 Å². The van der Waals surface area contributed by atoms with Crippen LogP contribution in [0.4, 0.5) is 56.9 Å². The summed E-state index contributed by atoms with van der Waals surface area (Å²) >= 11 is 8.51. The van der Waals surface area contributed by atoms with E-state index < -0.39 is 31.6 Å². The van der Waals surface area contributed by atoms with E-state index in [4.69, 9.17) is 26.8 Å². The Morgan fingerprint density at radius 3 is 1.03 bits per heavy atom. The summed E-state index contributed by atoms with van der Waals surface area (Å²) in [6.07, 6.45) is 3.50. The summed E-state index contributed by atoms with van der Waals surface area (Å²) in [6, 6.07) is 97.2. The molecule has 149 heavy (non-hydrogen) atoms. The van der Waals surface area contributed by atoms with Gasteiger partial charge in [0.15, 0.2) is 0 Å². The van der Waals surface area contributed by atoms with Gasteiger partial charge in [-0.15, -0.1) is 0 Å². The van der Waals surface area contributed by atoms with Crippen LogP contribution >= 0.6 is 27.5 Å². The number of carbonyl (C=O) groups excluding carboxylic acids is 8. The number of aryl methyl sites for hydroxylation is 5. The SMILES string of the molecule is BrCCc1ccccc1.CC(=O)Nc1ccc(NC(=O)c2cc3cc(NC(=O)CC(C)(C)C)ccc3n2CCc2ccccc2)cc1.CC(C)(C)CC(=O)Cl.CCOC(=O)c1cc2cc([N+](=O)[O-])ccc2[nH]1.CCOC(=O)c1cc2cc([N+](=O)[O-])ccc2[nH]1.Nc1ccccc1.O=C(Nc1ccccc1)c1cc2cc([N+](=O)[O-])ccc2[nH]1.O=C(Nc1ccccc1)c1cc2cc([N+](=O)[O-])ccc2n1CCc1ccccc1.[H-].[Li+].[Na+].[OH-]. The van der Waals surface area contributed by atoms with Gasteiger partial charge in [-0.2, -0.15) is 0 Å². The van der Waals surface area contributed by atoms with Crippen LogP contribution in [-0.2, 0) is 56.2 Å². The molecule has 0 saturated carbocycles. The molecular formula is C111H113BrClLiN15NaO19. The fraction of sp³-hybridized carbons (Fsp3) is 0.189. The number of nitro benzene ring substituents is 4. The molecular weight excluding hydrogens is 1990 g/mol. The zero-order valence-corrected chi connectivity index (χ0v) is 88.4. The minimum Gasteiger partial charge on any atom is -1.00 e. The number of non-ortho nitro benzene ring substituents is 4. The van der Waals surface area contributed by atoms with E-state index in [1.54, 1.807) is 98.8 Å². The molecule has 17 rings (SSSR count). The van der Waals surface area contributed by atoms with Crippen LogP contribution in [0.15, 0.2) is 328 Å². The largest absolute Gasteiger partial charge is 1.00 e. The van der Waals surface area contributed by atoms with Crippen LogP contribution in [0.3, 0.4) is 0 Å². The van der Waals surface area contributed by atoms with E-state index in [0.29, 0.717) is 121 Å². The molecule has 11 N–H and O–H groups in total. The molecule has 0 aliphatic heterocycles. The molecule has 38 heteroatoms. The Morgan fingerprint density at radius 1 is 0.383 bits per heavy atom. The molecule has 0 atom stereocenters. The van der Waals surface area contributed by atoms with E-state index in [0.717, 1.165) is 52.3 Å². The van der Waals surface area contributed by atoms with E-state index in [1.807, 2.05) is 208 Å². The number of hydrogen-bond acceptors (Lipinski definition) is 20. The second kappa shape index (κ2) is 59.0. The van der Waals surface area contributed by atoms with E-state index in [1.165, 1.54) is 66.6 Å². The van der Waals surface area contributed by atoms with Crippen molar-refractivity contribution < 1.29 is 123 Å². The van der Waals surface area contributed by atoms with E-state index in [2.05, 4.69) is 93.9 Å². The van der Waals surface area contributed by atoms with Crippen LogP contribution in [0.2, 0.25) is 0 Å². The maximum Gasteiger partial charge on any atom is 1.00 e. The number of nitrogen functional groups attached to an aromatic ring is 1. The molecule has 5 heterocycles. The van der Waals surface area contributed by atoms with Crippen LogP contribution in [0.5, 0.6) is 0 Å². The van der Waals surface area contributed by atoms with E-state index in [9.17, 15) is 78.8 Å². The number of hydrogen-bond donors (Lipinski definition) is 9. The van der Waals surface area contributed by atoms with Crippen molar-refractivity contribution in [2.75, 3.05) is 50.9 Å². The fourth-order valence-electron chi connectivity index (χ4n) is 14.6. The number of nitrogens with zero attached hydrogens (tertiary/aromatic N) is 6. The third-order valence-electron chi connectivity index (χ3n) is 21.3. The van der Waals surface area contributed by atoms with Crippen molar-refractivity contribution in [2.24, 2.45) is 10.8 Å². The van der Waals surface area contributed by atoms with E-state index in [-0.39, 0.29) is 137 Å². The number of nitro groups is 4. The maximum atomic E-state index is 13.4. The van der Waals surface area contributed by atoms with Gasteiger partial charge < -0.3 is 72.8 Å². The Labute approximate surface area is 908 Å². The molecule has 0 unspecified atom stereocenters. The number of rotatable bonds is 26. The summed E-state index contributed by atoms with van der Waals surface area (Å²) < 4.78 is 13.6. The molecule has 762 valence electrons. The minimum absolute atomic E-state index is 0. The number of benzene rings is 12. The van der Waals surface area contributed by atoms with Gasteiger partial charge in [-0.25, -0.2) is 9.59 Å². The number of alkyl halides is 1. The van der Waals surface area contributed by atoms with Gasteiger partial charge in [0.1, 0.15) is 28.5 Å². The van der Waals surface area contributed by atoms with Crippen molar-refractivity contribution in [3.63, 3.8) is 0 Å². The smallest absolute Gasteiger partial charge is 1.00 e. The number of H-pyrrole nitrogens is 3. The Hall–Kier alpha value is -16.0. The number of nitrogens with one attached hydrogen (secondary N) is 8. The molecule has 0 spiro atoms. The monoisotopic (exact) mass is 2100 g/mol. The topological polar surface area (TPSA) is 501 Å². The standard InChI is InChI=1S/C31H34N4O3.C23H19N3O3.C15H11N3O3.2C11H10N2O4.C8H9Br.C6H11ClO.C6H7N.Li.Na.H2O.H/c1-21(36)32-24-10-12-25(13-11-24)34-30(38)28-19-23-18-26(33-29(37)20-31(2,3)4)14-15-27(23)35(28)17-16-22-8-6-5-7-9-22;27-23(24-19-9-5-2-6-10-19)22-16-18-15-20(26(28)29)11-12-21(18)25(22)14-13-17-7-3-1-4-8-17;19-15(16-11-4-2-1-3-5-11)14-9-10-8-12(18(20)21)6-7-13(10)17-14;2*1-2-17-11(14)10-6-7-5-8(13(15)16)3-4-9(7)12-10;9-7-6-8-4-2-1-3-5-8;1-6(2,3)4-5(7)8;7-6-4-2-1-3-5-6;;;;/h5-15,18-19H,16-17,20H2,1-4H3,(H,32,36)(H,33,37)(H,34,38);1-12,15-16H,13-14H2,(H,24,27);1-9,17H,(H,16,19);2*3-6,12H,2H2,1H3;1-5H,6-7H2;4H2,1-3H3;1-5H,7H2;;;1H2;/q;;;;;;;;2*+1;;-1/p-1. The molecule has 5 amide bonds. The minimum atomic E-state index is -0.476. The summed E-state index contributed by atoms with van der Waals surface area (Å²) in [5.74, 6) is -1.90. The van der Waals surface area contributed by atoms with Crippen molar-refractivity contribution in [3.8, 4) is 0 Å². The number of anilines is 6. The predicted octanol–water partition coefficient (Wildman–Crippen LogP) is 19.4. The molecule has 5 aromatic heterocycles. The van der Waals surface area contributed by atoms with Gasteiger partial charge in [-0.05, 0) is 206 Å². The summed E-state index contributed by atoms with van der Waals surface area (Å²) in [5, 5.41) is 61.6.